The lowest BCUT2D eigenvalue weighted by Gasteiger charge is -2.17. The van der Waals surface area contributed by atoms with Gasteiger partial charge in [0.15, 0.2) is 12.0 Å². The highest BCUT2D eigenvalue weighted by atomic mass is 16.6. The molecule has 1 fully saturated rings. The van der Waals surface area contributed by atoms with Gasteiger partial charge in [-0.3, -0.25) is 24.8 Å². The molecule has 28 heavy (non-hydrogen) atoms. The number of carbonyl (C=O) groups excluding carboxylic acids is 2. The quantitative estimate of drug-likeness (QED) is 0.183. The Hall–Kier alpha value is -2.58. The number of amides is 1. The van der Waals surface area contributed by atoms with Crippen LogP contribution in [0, 0.1) is 0 Å². The predicted octanol–water partition coefficient (Wildman–Crippen LogP) is -2.81. The minimum Gasteiger partial charge on any atom is -0.462 e. The van der Waals surface area contributed by atoms with Crippen LogP contribution in [0.2, 0.25) is 0 Å². The van der Waals surface area contributed by atoms with Crippen molar-refractivity contribution < 1.29 is 34.5 Å². The van der Waals surface area contributed by atoms with E-state index < -0.39 is 54.8 Å². The van der Waals surface area contributed by atoms with Crippen LogP contribution in [0.15, 0.2) is 17.1 Å². The molecule has 2 rings (SSSR count). The van der Waals surface area contributed by atoms with Crippen LogP contribution in [0.3, 0.4) is 0 Å². The summed E-state index contributed by atoms with van der Waals surface area (Å²) in [7, 11) is 0. The Balaban J connectivity index is 1.92. The number of hydrogen-bond donors (Lipinski definition) is 6. The van der Waals surface area contributed by atoms with E-state index in [9.17, 15) is 24.6 Å². The molecule has 1 aliphatic rings. The van der Waals surface area contributed by atoms with Gasteiger partial charge >= 0.3 is 11.7 Å². The lowest BCUT2D eigenvalue weighted by atomic mass is 10.1. The Bertz CT molecular complexity index is 756. The van der Waals surface area contributed by atoms with Crippen molar-refractivity contribution in [1.29, 1.82) is 0 Å². The predicted molar refractivity (Wildman–Crippen MR) is 91.8 cm³/mol. The number of ether oxygens (including phenoxy) is 2. The zero-order valence-corrected chi connectivity index (χ0v) is 14.8. The minimum atomic E-state index is -1.49. The molecule has 156 valence electrons. The fourth-order valence-electron chi connectivity index (χ4n) is 2.65. The monoisotopic (exact) mass is 401 g/mol. The molecule has 0 aliphatic carbocycles. The van der Waals surface area contributed by atoms with E-state index in [1.54, 1.807) is 5.48 Å². The second kappa shape index (κ2) is 9.57. The minimum absolute atomic E-state index is 0.0900. The Morgan fingerprint density at radius 1 is 1.39 bits per heavy atom. The molecule has 1 saturated heterocycles. The average molecular weight is 401 g/mol. The molecule has 0 radical (unpaired) electrons. The van der Waals surface area contributed by atoms with E-state index in [4.69, 9.17) is 26.1 Å². The molecule has 13 heteroatoms. The van der Waals surface area contributed by atoms with Crippen molar-refractivity contribution >= 4 is 17.7 Å². The van der Waals surface area contributed by atoms with Crippen LogP contribution in [0.1, 0.15) is 25.5 Å². The number of aliphatic hydroxyl groups excluding tert-OH is 2. The molecule has 0 bridgehead atoms. The second-order valence-corrected chi connectivity index (χ2v) is 6.26. The number of rotatable bonds is 9. The topological polar surface area (TPSA) is 212 Å². The van der Waals surface area contributed by atoms with E-state index in [0.29, 0.717) is 6.42 Å². The lowest BCUT2D eigenvalue weighted by molar-refractivity contribution is -0.152. The van der Waals surface area contributed by atoms with Crippen molar-refractivity contribution in [2.45, 2.75) is 49.8 Å². The molecule has 0 aromatic carbocycles. The van der Waals surface area contributed by atoms with Crippen molar-refractivity contribution in [2.24, 2.45) is 11.5 Å². The van der Waals surface area contributed by atoms with Gasteiger partial charge in [-0.05, 0) is 18.9 Å². The molecular weight excluding hydrogens is 378 g/mol. The number of esters is 1. The van der Waals surface area contributed by atoms with E-state index in [-0.39, 0.29) is 18.7 Å². The summed E-state index contributed by atoms with van der Waals surface area (Å²) in [5, 5.41) is 29.0. The summed E-state index contributed by atoms with van der Waals surface area (Å²) in [5.41, 5.74) is 11.5. The molecule has 8 N–H and O–H groups in total. The first-order chi connectivity index (χ1) is 13.2. The number of anilines is 1. The van der Waals surface area contributed by atoms with Crippen molar-refractivity contribution in [2.75, 3.05) is 12.1 Å². The van der Waals surface area contributed by atoms with Gasteiger partial charge in [0.05, 0.1) is 0 Å². The summed E-state index contributed by atoms with van der Waals surface area (Å²) < 4.78 is 11.3. The van der Waals surface area contributed by atoms with Gasteiger partial charge in [0.25, 0.3) is 0 Å². The molecule has 0 unspecified atom stereocenters. The van der Waals surface area contributed by atoms with Gasteiger partial charge in [-0.25, -0.2) is 4.79 Å². The molecule has 1 aliphatic heterocycles. The SMILES string of the molecule is NC(=O)CCC[C@@H](N)C(=O)OC[C@H]1O[C@@H](n2ccc(NO)nc2=O)[C@H](O)[C@@H]1O. The number of aromatic nitrogens is 2. The molecule has 1 amide bonds. The Morgan fingerprint density at radius 2 is 2.11 bits per heavy atom. The summed E-state index contributed by atoms with van der Waals surface area (Å²) in [6.45, 7) is -0.407. The zero-order chi connectivity index (χ0) is 20.8. The van der Waals surface area contributed by atoms with E-state index in [1.165, 1.54) is 12.3 Å². The third-order valence-electron chi connectivity index (χ3n) is 4.19. The van der Waals surface area contributed by atoms with Crippen molar-refractivity contribution in [1.82, 2.24) is 9.55 Å². The number of nitrogens with zero attached hydrogens (tertiary/aromatic N) is 2. The van der Waals surface area contributed by atoms with Gasteiger partial charge in [0.2, 0.25) is 5.91 Å². The van der Waals surface area contributed by atoms with Gasteiger partial charge in [-0.1, -0.05) is 0 Å². The van der Waals surface area contributed by atoms with Crippen LogP contribution in [-0.2, 0) is 19.1 Å². The molecule has 2 heterocycles. The Morgan fingerprint density at radius 3 is 2.71 bits per heavy atom. The standard InChI is InChI=1S/C15H23N5O8/c16-7(2-1-3-9(17)21)14(24)27-6-8-11(22)12(23)13(28-8)20-5-4-10(19-26)18-15(20)25/h4-5,7-8,11-13,22-23,26H,1-3,6,16H2,(H2,17,21)(H,18,19,25)/t7-,8-,11-,12-,13-/m1/s1. The fourth-order valence-corrected chi connectivity index (χ4v) is 2.65. The molecule has 0 saturated carbocycles. The maximum absolute atomic E-state index is 11.9. The number of nitrogens with one attached hydrogen (secondary N) is 1. The molecule has 5 atom stereocenters. The van der Waals surface area contributed by atoms with Gasteiger partial charge in [-0.2, -0.15) is 4.98 Å². The number of nitrogens with two attached hydrogens (primary N) is 2. The zero-order valence-electron chi connectivity index (χ0n) is 14.8. The molecular formula is C15H23N5O8. The first-order valence-electron chi connectivity index (χ1n) is 8.46. The largest absolute Gasteiger partial charge is 0.462 e. The van der Waals surface area contributed by atoms with Crippen LogP contribution in [0.4, 0.5) is 5.82 Å². The van der Waals surface area contributed by atoms with Crippen molar-refractivity contribution in [3.63, 3.8) is 0 Å². The number of carbonyl (C=O) groups is 2. The smallest absolute Gasteiger partial charge is 0.351 e. The summed E-state index contributed by atoms with van der Waals surface area (Å²) in [5.74, 6) is -1.38. The van der Waals surface area contributed by atoms with E-state index >= 15 is 0 Å². The van der Waals surface area contributed by atoms with E-state index in [2.05, 4.69) is 4.98 Å². The van der Waals surface area contributed by atoms with Crippen LogP contribution >= 0.6 is 0 Å². The summed E-state index contributed by atoms with van der Waals surface area (Å²) in [6, 6.07) is 0.270. The average Bonchev–Trinajstić information content (AvgIpc) is 2.93. The van der Waals surface area contributed by atoms with Gasteiger partial charge < -0.3 is 31.2 Å². The van der Waals surface area contributed by atoms with Crippen LogP contribution in [-0.4, -0.2) is 67.8 Å². The summed E-state index contributed by atoms with van der Waals surface area (Å²) >= 11 is 0. The molecule has 13 nitrogen and oxygen atoms in total. The van der Waals surface area contributed by atoms with Crippen molar-refractivity contribution in [3.8, 4) is 0 Å². The normalized spacial score (nSPS) is 25.3. The number of aliphatic hydroxyl groups is 2. The van der Waals surface area contributed by atoms with Crippen molar-refractivity contribution in [3.05, 3.63) is 22.7 Å². The van der Waals surface area contributed by atoms with Crippen LogP contribution < -0.4 is 22.6 Å². The van der Waals surface area contributed by atoms with E-state index in [0.717, 1.165) is 4.57 Å². The van der Waals surface area contributed by atoms with Gasteiger partial charge in [-0.15, -0.1) is 0 Å². The third kappa shape index (κ3) is 5.24. The second-order valence-electron chi connectivity index (χ2n) is 6.26. The maximum Gasteiger partial charge on any atom is 0.351 e. The van der Waals surface area contributed by atoms with Crippen LogP contribution in [0.25, 0.3) is 0 Å². The fraction of sp³-hybridized carbons (Fsp3) is 0.600. The van der Waals surface area contributed by atoms with Crippen LogP contribution in [0.5, 0.6) is 0 Å². The Labute approximate surface area is 158 Å². The van der Waals surface area contributed by atoms with E-state index in [1.807, 2.05) is 0 Å². The molecule has 0 spiro atoms. The number of hydrogen-bond acceptors (Lipinski definition) is 11. The molecule has 1 aromatic heterocycles. The first kappa shape index (κ1) is 21.7. The highest BCUT2D eigenvalue weighted by Gasteiger charge is 2.44. The van der Waals surface area contributed by atoms with Gasteiger partial charge in [0.1, 0.15) is 31.0 Å². The lowest BCUT2D eigenvalue weighted by Crippen LogP contribution is -2.38. The highest BCUT2D eigenvalue weighted by Crippen LogP contribution is 2.28. The Kier molecular flexibility index (Phi) is 7.42. The van der Waals surface area contributed by atoms with Gasteiger partial charge in [0, 0.05) is 12.6 Å². The first-order valence-corrected chi connectivity index (χ1v) is 8.46. The highest BCUT2D eigenvalue weighted by molar-refractivity contribution is 5.76. The third-order valence-corrected chi connectivity index (χ3v) is 4.19. The summed E-state index contributed by atoms with van der Waals surface area (Å²) in [6.07, 6.45) is -3.49. The molecule has 1 aromatic rings. The maximum atomic E-state index is 11.9. The summed E-state index contributed by atoms with van der Waals surface area (Å²) in [4.78, 5) is 38.0. The number of primary amides is 1.